The first kappa shape index (κ1) is 17.8. The molecule has 0 saturated carbocycles. The Morgan fingerprint density at radius 3 is 2.43 bits per heavy atom. The Morgan fingerprint density at radius 2 is 1.71 bits per heavy atom. The fourth-order valence-corrected chi connectivity index (χ4v) is 3.20. The first-order chi connectivity index (χ1) is 13.5. The van der Waals surface area contributed by atoms with Gasteiger partial charge in [-0.1, -0.05) is 42.5 Å². The minimum Gasteiger partial charge on any atom is -0.425 e. The summed E-state index contributed by atoms with van der Waals surface area (Å²) in [6, 6.07) is 17.2. The van der Waals surface area contributed by atoms with Crippen molar-refractivity contribution in [3.63, 3.8) is 0 Å². The zero-order chi connectivity index (χ0) is 19.8. The molecule has 0 spiro atoms. The highest BCUT2D eigenvalue weighted by Gasteiger charge is 2.19. The van der Waals surface area contributed by atoms with Gasteiger partial charge in [0.2, 0.25) is 0 Å². The van der Waals surface area contributed by atoms with E-state index in [0.717, 1.165) is 11.1 Å². The van der Waals surface area contributed by atoms with Crippen LogP contribution in [0.3, 0.4) is 0 Å². The molecule has 4 aromatic rings. The molecule has 2 aromatic carbocycles. The maximum atomic E-state index is 13.1. The largest absolute Gasteiger partial charge is 0.425 e. The molecule has 0 amide bonds. The van der Waals surface area contributed by atoms with Gasteiger partial charge < -0.3 is 4.74 Å². The van der Waals surface area contributed by atoms with E-state index in [1.165, 1.54) is 9.13 Å². The summed E-state index contributed by atoms with van der Waals surface area (Å²) in [5.41, 5.74) is 1.73. The average molecular weight is 376 g/mol. The highest BCUT2D eigenvalue weighted by molar-refractivity contribution is 5.71. The number of rotatable bonds is 4. The lowest BCUT2D eigenvalue weighted by Crippen LogP contribution is -2.39. The van der Waals surface area contributed by atoms with Crippen LogP contribution in [0.5, 0.6) is 11.8 Å². The first-order valence-corrected chi connectivity index (χ1v) is 8.90. The molecule has 0 atom stereocenters. The van der Waals surface area contributed by atoms with Crippen molar-refractivity contribution in [2.45, 2.75) is 13.5 Å². The van der Waals surface area contributed by atoms with Crippen molar-refractivity contribution in [1.82, 2.24) is 18.7 Å². The molecule has 0 fully saturated rings. The van der Waals surface area contributed by atoms with Gasteiger partial charge in [0.1, 0.15) is 5.75 Å². The number of aryl methyl sites for hydroxylation is 3. The molecule has 0 aliphatic heterocycles. The quantitative estimate of drug-likeness (QED) is 0.549. The predicted octanol–water partition coefficient (Wildman–Crippen LogP) is 2.58. The third-order valence-corrected chi connectivity index (χ3v) is 4.70. The van der Waals surface area contributed by atoms with E-state index >= 15 is 0 Å². The van der Waals surface area contributed by atoms with Gasteiger partial charge in [0.15, 0.2) is 11.2 Å². The van der Waals surface area contributed by atoms with Crippen LogP contribution >= 0.6 is 0 Å². The van der Waals surface area contributed by atoms with Crippen LogP contribution in [0.15, 0.2) is 64.2 Å². The second-order valence-electron chi connectivity index (χ2n) is 6.76. The summed E-state index contributed by atoms with van der Waals surface area (Å²) < 4.78 is 10.1. The molecule has 7 heteroatoms. The molecule has 0 radical (unpaired) electrons. The highest BCUT2D eigenvalue weighted by atomic mass is 16.5. The Labute approximate surface area is 161 Å². The summed E-state index contributed by atoms with van der Waals surface area (Å²) >= 11 is 0. The van der Waals surface area contributed by atoms with E-state index in [0.29, 0.717) is 16.9 Å². The molecule has 7 nitrogen and oxygen atoms in total. The van der Waals surface area contributed by atoms with Gasteiger partial charge in [-0.3, -0.25) is 18.5 Å². The van der Waals surface area contributed by atoms with Crippen molar-refractivity contribution in [2.24, 2.45) is 14.1 Å². The van der Waals surface area contributed by atoms with Gasteiger partial charge in [0.05, 0.1) is 6.54 Å². The van der Waals surface area contributed by atoms with E-state index in [9.17, 15) is 9.59 Å². The molecular weight excluding hydrogens is 356 g/mol. The lowest BCUT2D eigenvalue weighted by molar-refractivity contribution is 0.427. The Kier molecular flexibility index (Phi) is 4.35. The van der Waals surface area contributed by atoms with Gasteiger partial charge in [0, 0.05) is 14.1 Å². The topological polar surface area (TPSA) is 71.1 Å². The molecule has 0 bridgehead atoms. The summed E-state index contributed by atoms with van der Waals surface area (Å²) in [4.78, 5) is 30.2. The Hall–Kier alpha value is -3.61. The minimum atomic E-state index is -0.415. The van der Waals surface area contributed by atoms with Crippen LogP contribution in [-0.2, 0) is 20.6 Å². The number of fused-ring (bicyclic) bond motifs is 1. The SMILES string of the molecule is Cc1cccc(Oc2nc3c(c(=O)n(Cc4ccccc4)c(=O)n3C)n2C)c1. The van der Waals surface area contributed by atoms with Crippen LogP contribution in [0.25, 0.3) is 11.2 Å². The van der Waals surface area contributed by atoms with E-state index in [1.54, 1.807) is 18.7 Å². The Bertz CT molecular complexity index is 1280. The fraction of sp³-hybridized carbons (Fsp3) is 0.190. The second-order valence-corrected chi connectivity index (χ2v) is 6.76. The van der Waals surface area contributed by atoms with E-state index < -0.39 is 11.2 Å². The standard InChI is InChI=1S/C21H20N4O3/c1-14-8-7-11-16(12-14)28-20-22-18-17(23(20)2)19(26)25(21(27)24(18)3)13-15-9-5-4-6-10-15/h4-12H,13H2,1-3H3. The molecule has 28 heavy (non-hydrogen) atoms. The Morgan fingerprint density at radius 1 is 0.964 bits per heavy atom. The average Bonchev–Trinajstić information content (AvgIpc) is 3.01. The van der Waals surface area contributed by atoms with Gasteiger partial charge in [-0.05, 0) is 30.2 Å². The van der Waals surface area contributed by atoms with Crippen molar-refractivity contribution >= 4 is 11.2 Å². The maximum Gasteiger partial charge on any atom is 0.332 e. The normalized spacial score (nSPS) is 11.1. The van der Waals surface area contributed by atoms with Gasteiger partial charge in [0.25, 0.3) is 5.56 Å². The van der Waals surface area contributed by atoms with E-state index in [1.807, 2.05) is 61.5 Å². The molecule has 0 aliphatic carbocycles. The molecule has 2 aromatic heterocycles. The second kappa shape index (κ2) is 6.84. The number of nitrogens with zero attached hydrogens (tertiary/aromatic N) is 4. The Balaban J connectivity index is 1.86. The molecular formula is C21H20N4O3. The number of aromatic nitrogens is 4. The molecule has 4 rings (SSSR count). The summed E-state index contributed by atoms with van der Waals surface area (Å²) in [5, 5.41) is 0. The third-order valence-electron chi connectivity index (χ3n) is 4.70. The van der Waals surface area contributed by atoms with Crippen LogP contribution in [-0.4, -0.2) is 18.7 Å². The summed E-state index contributed by atoms with van der Waals surface area (Å²) in [6.45, 7) is 2.16. The highest BCUT2D eigenvalue weighted by Crippen LogP contribution is 2.23. The summed E-state index contributed by atoms with van der Waals surface area (Å²) in [6.07, 6.45) is 0. The number of hydrogen-bond acceptors (Lipinski definition) is 4. The van der Waals surface area contributed by atoms with Crippen LogP contribution < -0.4 is 16.0 Å². The van der Waals surface area contributed by atoms with Gasteiger partial charge >= 0.3 is 11.7 Å². The molecule has 0 saturated heterocycles. The molecule has 2 heterocycles. The lowest BCUT2D eigenvalue weighted by atomic mass is 10.2. The lowest BCUT2D eigenvalue weighted by Gasteiger charge is -2.08. The van der Waals surface area contributed by atoms with E-state index in [-0.39, 0.29) is 12.6 Å². The minimum absolute atomic E-state index is 0.196. The zero-order valence-corrected chi connectivity index (χ0v) is 15.9. The van der Waals surface area contributed by atoms with Gasteiger partial charge in [-0.15, -0.1) is 0 Å². The fourth-order valence-electron chi connectivity index (χ4n) is 3.20. The zero-order valence-electron chi connectivity index (χ0n) is 15.9. The number of imidazole rings is 1. The van der Waals surface area contributed by atoms with Crippen LogP contribution in [0.4, 0.5) is 0 Å². The summed E-state index contributed by atoms with van der Waals surface area (Å²) in [5.74, 6) is 0.619. The molecule has 142 valence electrons. The number of benzene rings is 2. The van der Waals surface area contributed by atoms with E-state index in [2.05, 4.69) is 4.98 Å². The van der Waals surface area contributed by atoms with Crippen LogP contribution in [0, 0.1) is 6.92 Å². The first-order valence-electron chi connectivity index (χ1n) is 8.90. The van der Waals surface area contributed by atoms with Crippen molar-refractivity contribution in [3.8, 4) is 11.8 Å². The van der Waals surface area contributed by atoms with Crippen molar-refractivity contribution < 1.29 is 4.74 Å². The van der Waals surface area contributed by atoms with Crippen molar-refractivity contribution in [3.05, 3.63) is 86.6 Å². The number of hydrogen-bond donors (Lipinski definition) is 0. The van der Waals surface area contributed by atoms with Gasteiger partial charge in [-0.2, -0.15) is 4.98 Å². The summed E-state index contributed by atoms with van der Waals surface area (Å²) in [7, 11) is 3.31. The van der Waals surface area contributed by atoms with Gasteiger partial charge in [-0.25, -0.2) is 4.79 Å². The van der Waals surface area contributed by atoms with Crippen molar-refractivity contribution in [1.29, 1.82) is 0 Å². The van der Waals surface area contributed by atoms with E-state index in [4.69, 9.17) is 4.74 Å². The monoisotopic (exact) mass is 376 g/mol. The molecule has 0 N–H and O–H groups in total. The smallest absolute Gasteiger partial charge is 0.332 e. The van der Waals surface area contributed by atoms with Crippen LogP contribution in [0.1, 0.15) is 11.1 Å². The maximum absolute atomic E-state index is 13.1. The predicted molar refractivity (Wildman–Crippen MR) is 107 cm³/mol. The third kappa shape index (κ3) is 3.00. The molecule has 0 unspecified atom stereocenters. The number of ether oxygens (including phenoxy) is 1. The van der Waals surface area contributed by atoms with Crippen molar-refractivity contribution in [2.75, 3.05) is 0 Å². The van der Waals surface area contributed by atoms with Crippen LogP contribution in [0.2, 0.25) is 0 Å². The molecule has 0 aliphatic rings.